The highest BCUT2D eigenvalue weighted by Crippen LogP contribution is 2.25. The number of para-hydroxylation sites is 1. The van der Waals surface area contributed by atoms with Crippen molar-refractivity contribution in [2.45, 2.75) is 27.2 Å². The molecule has 15 heavy (non-hydrogen) atoms. The summed E-state index contributed by atoms with van der Waals surface area (Å²) < 4.78 is 0. The molecule has 0 aliphatic carbocycles. The smallest absolute Gasteiger partial charge is 0.232 e. The number of hydrogen-bond donors (Lipinski definition) is 0. The molecule has 2 nitrogen and oxygen atoms in total. The molecule has 0 aromatic heterocycles. The van der Waals surface area contributed by atoms with Crippen LogP contribution in [0.2, 0.25) is 0 Å². The highest BCUT2D eigenvalue weighted by atomic mass is 16.2. The zero-order valence-electron chi connectivity index (χ0n) is 9.95. The largest absolute Gasteiger partial charge is 0.315 e. The van der Waals surface area contributed by atoms with E-state index in [2.05, 4.69) is 0 Å². The van der Waals surface area contributed by atoms with Crippen molar-refractivity contribution in [3.05, 3.63) is 30.3 Å². The Labute approximate surface area is 91.9 Å². The van der Waals surface area contributed by atoms with E-state index in [1.165, 1.54) is 0 Å². The number of anilines is 1. The number of carbonyl (C=O) groups is 1. The van der Waals surface area contributed by atoms with Gasteiger partial charge in [-0.05, 0) is 18.6 Å². The third-order valence-corrected chi connectivity index (χ3v) is 2.91. The Hall–Kier alpha value is -1.31. The average molecular weight is 205 g/mol. The maximum absolute atomic E-state index is 12.1. The van der Waals surface area contributed by atoms with Crippen LogP contribution < -0.4 is 4.90 Å². The van der Waals surface area contributed by atoms with Crippen LogP contribution in [0.3, 0.4) is 0 Å². The van der Waals surface area contributed by atoms with Gasteiger partial charge in [0.15, 0.2) is 0 Å². The van der Waals surface area contributed by atoms with Crippen LogP contribution in [-0.4, -0.2) is 13.0 Å². The quantitative estimate of drug-likeness (QED) is 0.742. The first-order chi connectivity index (χ1) is 6.99. The lowest BCUT2D eigenvalue weighted by molar-refractivity contribution is -0.126. The first kappa shape index (κ1) is 11.8. The van der Waals surface area contributed by atoms with Crippen LogP contribution in [0.5, 0.6) is 0 Å². The monoisotopic (exact) mass is 205 g/mol. The van der Waals surface area contributed by atoms with Gasteiger partial charge in [0.1, 0.15) is 0 Å². The van der Waals surface area contributed by atoms with E-state index in [1.807, 2.05) is 58.2 Å². The number of amides is 1. The minimum atomic E-state index is -0.287. The molecule has 0 spiro atoms. The van der Waals surface area contributed by atoms with Crippen LogP contribution in [0.4, 0.5) is 5.69 Å². The normalized spacial score (nSPS) is 11.2. The second-order valence-corrected chi connectivity index (χ2v) is 4.44. The maximum Gasteiger partial charge on any atom is 0.232 e. The summed E-state index contributed by atoms with van der Waals surface area (Å²) in [7, 11) is 1.83. The van der Waals surface area contributed by atoms with Gasteiger partial charge in [0, 0.05) is 18.2 Å². The maximum atomic E-state index is 12.1. The second-order valence-electron chi connectivity index (χ2n) is 4.44. The van der Waals surface area contributed by atoms with Crippen LogP contribution >= 0.6 is 0 Å². The van der Waals surface area contributed by atoms with Crippen molar-refractivity contribution < 1.29 is 4.79 Å². The van der Waals surface area contributed by atoms with Gasteiger partial charge >= 0.3 is 0 Å². The number of hydrogen-bond acceptors (Lipinski definition) is 1. The van der Waals surface area contributed by atoms with Gasteiger partial charge in [-0.25, -0.2) is 0 Å². The molecular weight excluding hydrogens is 186 g/mol. The Kier molecular flexibility index (Phi) is 3.51. The van der Waals surface area contributed by atoms with Gasteiger partial charge in [-0.15, -0.1) is 0 Å². The van der Waals surface area contributed by atoms with E-state index in [-0.39, 0.29) is 11.3 Å². The van der Waals surface area contributed by atoms with Gasteiger partial charge in [-0.2, -0.15) is 0 Å². The van der Waals surface area contributed by atoms with Crippen molar-refractivity contribution in [1.82, 2.24) is 0 Å². The number of carbonyl (C=O) groups excluding carboxylic acids is 1. The summed E-state index contributed by atoms with van der Waals surface area (Å²) in [6.45, 7) is 6.00. The Morgan fingerprint density at radius 3 is 2.27 bits per heavy atom. The molecule has 0 saturated heterocycles. The molecule has 0 bridgehead atoms. The molecule has 0 atom stereocenters. The van der Waals surface area contributed by atoms with E-state index >= 15 is 0 Å². The van der Waals surface area contributed by atoms with Gasteiger partial charge in [-0.1, -0.05) is 39.0 Å². The van der Waals surface area contributed by atoms with Crippen LogP contribution in [0.1, 0.15) is 27.2 Å². The van der Waals surface area contributed by atoms with Crippen LogP contribution in [0.25, 0.3) is 0 Å². The third kappa shape index (κ3) is 2.58. The fourth-order valence-corrected chi connectivity index (χ4v) is 1.37. The summed E-state index contributed by atoms with van der Waals surface area (Å²) in [5.41, 5.74) is 0.661. The third-order valence-electron chi connectivity index (χ3n) is 2.91. The molecule has 0 fully saturated rings. The zero-order chi connectivity index (χ0) is 11.5. The number of nitrogens with zero attached hydrogens (tertiary/aromatic N) is 1. The molecule has 0 saturated carbocycles. The molecular formula is C13H19NO. The molecule has 1 rings (SSSR count). The van der Waals surface area contributed by atoms with E-state index in [0.717, 1.165) is 12.1 Å². The summed E-state index contributed by atoms with van der Waals surface area (Å²) in [6.07, 6.45) is 0.850. The van der Waals surface area contributed by atoms with E-state index in [4.69, 9.17) is 0 Å². The molecule has 82 valence electrons. The van der Waals surface area contributed by atoms with Crippen molar-refractivity contribution in [2.75, 3.05) is 11.9 Å². The van der Waals surface area contributed by atoms with E-state index in [1.54, 1.807) is 4.90 Å². The standard InChI is InChI=1S/C13H19NO/c1-5-13(2,3)12(15)14(4)11-9-7-6-8-10-11/h6-10H,5H2,1-4H3. The summed E-state index contributed by atoms with van der Waals surface area (Å²) >= 11 is 0. The van der Waals surface area contributed by atoms with Crippen molar-refractivity contribution in [3.63, 3.8) is 0 Å². The lowest BCUT2D eigenvalue weighted by atomic mass is 9.88. The topological polar surface area (TPSA) is 20.3 Å². The fraction of sp³-hybridized carbons (Fsp3) is 0.462. The van der Waals surface area contributed by atoms with E-state index in [0.29, 0.717) is 0 Å². The predicted molar refractivity (Wildman–Crippen MR) is 63.9 cm³/mol. The van der Waals surface area contributed by atoms with E-state index < -0.39 is 0 Å². The fourth-order valence-electron chi connectivity index (χ4n) is 1.37. The Bertz CT molecular complexity index is 330. The first-order valence-electron chi connectivity index (χ1n) is 5.32. The van der Waals surface area contributed by atoms with Crippen molar-refractivity contribution in [3.8, 4) is 0 Å². The van der Waals surface area contributed by atoms with Crippen molar-refractivity contribution in [1.29, 1.82) is 0 Å². The van der Waals surface area contributed by atoms with Crippen LogP contribution in [0, 0.1) is 5.41 Å². The Balaban J connectivity index is 2.87. The summed E-state index contributed by atoms with van der Waals surface area (Å²) in [5, 5.41) is 0. The molecule has 1 aromatic rings. The van der Waals surface area contributed by atoms with Crippen LogP contribution in [0.15, 0.2) is 30.3 Å². The number of rotatable bonds is 3. The first-order valence-corrected chi connectivity index (χ1v) is 5.32. The molecule has 1 amide bonds. The predicted octanol–water partition coefficient (Wildman–Crippen LogP) is 3.09. The molecule has 2 heteroatoms. The molecule has 0 radical (unpaired) electrons. The Morgan fingerprint density at radius 1 is 1.27 bits per heavy atom. The minimum Gasteiger partial charge on any atom is -0.315 e. The van der Waals surface area contributed by atoms with Gasteiger partial charge < -0.3 is 4.90 Å². The highest BCUT2D eigenvalue weighted by molar-refractivity contribution is 5.96. The highest BCUT2D eigenvalue weighted by Gasteiger charge is 2.28. The van der Waals surface area contributed by atoms with Gasteiger partial charge in [-0.3, -0.25) is 4.79 Å². The van der Waals surface area contributed by atoms with Crippen LogP contribution in [-0.2, 0) is 4.79 Å². The van der Waals surface area contributed by atoms with Gasteiger partial charge in [0.2, 0.25) is 5.91 Å². The van der Waals surface area contributed by atoms with Gasteiger partial charge in [0.25, 0.3) is 0 Å². The minimum absolute atomic E-state index is 0.163. The molecule has 0 heterocycles. The van der Waals surface area contributed by atoms with Gasteiger partial charge in [0.05, 0.1) is 0 Å². The molecule has 0 N–H and O–H groups in total. The van der Waals surface area contributed by atoms with Crippen molar-refractivity contribution >= 4 is 11.6 Å². The van der Waals surface area contributed by atoms with Crippen molar-refractivity contribution in [2.24, 2.45) is 5.41 Å². The lowest BCUT2D eigenvalue weighted by Crippen LogP contribution is -2.38. The Morgan fingerprint density at radius 2 is 1.80 bits per heavy atom. The van der Waals surface area contributed by atoms with E-state index in [9.17, 15) is 4.79 Å². The summed E-state index contributed by atoms with van der Waals surface area (Å²) in [4.78, 5) is 13.8. The lowest BCUT2D eigenvalue weighted by Gasteiger charge is -2.28. The average Bonchev–Trinajstić information content (AvgIpc) is 2.28. The molecule has 1 aromatic carbocycles. The summed E-state index contributed by atoms with van der Waals surface area (Å²) in [6, 6.07) is 9.73. The summed E-state index contributed by atoms with van der Waals surface area (Å²) in [5.74, 6) is 0.163. The SMILES string of the molecule is CCC(C)(C)C(=O)N(C)c1ccccc1. The second kappa shape index (κ2) is 4.47. The zero-order valence-corrected chi connectivity index (χ0v) is 9.95. The molecule has 0 aliphatic heterocycles. The molecule has 0 unspecified atom stereocenters. The molecule has 0 aliphatic rings. The number of benzene rings is 1.